The van der Waals surface area contributed by atoms with Crippen LogP contribution in [0.1, 0.15) is 18.3 Å². The van der Waals surface area contributed by atoms with E-state index in [1.54, 1.807) is 13.1 Å². The van der Waals surface area contributed by atoms with Gasteiger partial charge in [-0.2, -0.15) is 0 Å². The van der Waals surface area contributed by atoms with Crippen molar-refractivity contribution in [2.24, 2.45) is 0 Å². The van der Waals surface area contributed by atoms with Crippen LogP contribution in [-0.2, 0) is 16.0 Å². The molecule has 0 amide bonds. The maximum Gasteiger partial charge on any atom is 0.313 e. The van der Waals surface area contributed by atoms with Gasteiger partial charge in [-0.3, -0.25) is 4.79 Å². The molecular weight excluding hydrogens is 206 g/mol. The summed E-state index contributed by atoms with van der Waals surface area (Å²) in [5, 5.41) is 0. The molecule has 2 heterocycles. The normalized spacial score (nSPS) is 10.6. The molecule has 84 valence electrons. The minimum Gasteiger partial charge on any atom is -0.466 e. The summed E-state index contributed by atoms with van der Waals surface area (Å²) < 4.78 is 4.85. The summed E-state index contributed by atoms with van der Waals surface area (Å²) in [5.41, 5.74) is 2.53. The van der Waals surface area contributed by atoms with Crippen molar-refractivity contribution in [2.75, 3.05) is 6.61 Å². The third-order valence-electron chi connectivity index (χ3n) is 2.14. The van der Waals surface area contributed by atoms with E-state index in [9.17, 15) is 4.79 Å². The predicted molar refractivity (Wildman–Crippen MR) is 59.0 cm³/mol. The molecule has 0 bridgehead atoms. The van der Waals surface area contributed by atoms with Crippen LogP contribution in [0.2, 0.25) is 0 Å². The number of fused-ring (bicyclic) bond motifs is 1. The lowest BCUT2D eigenvalue weighted by atomic mass is 10.3. The van der Waals surface area contributed by atoms with Gasteiger partial charge in [0, 0.05) is 6.20 Å². The summed E-state index contributed by atoms with van der Waals surface area (Å²) >= 11 is 0. The van der Waals surface area contributed by atoms with Gasteiger partial charge < -0.3 is 9.72 Å². The van der Waals surface area contributed by atoms with Crippen LogP contribution < -0.4 is 0 Å². The fourth-order valence-electron chi connectivity index (χ4n) is 1.49. The van der Waals surface area contributed by atoms with Crippen LogP contribution >= 0.6 is 0 Å². The van der Waals surface area contributed by atoms with Gasteiger partial charge in [0.1, 0.15) is 12.2 Å². The monoisotopic (exact) mass is 219 g/mol. The third-order valence-corrected chi connectivity index (χ3v) is 2.14. The van der Waals surface area contributed by atoms with Crippen LogP contribution in [0.25, 0.3) is 11.2 Å². The van der Waals surface area contributed by atoms with E-state index in [-0.39, 0.29) is 12.4 Å². The molecule has 2 rings (SSSR count). The molecule has 0 atom stereocenters. The number of aromatic nitrogens is 3. The summed E-state index contributed by atoms with van der Waals surface area (Å²) in [6.45, 7) is 4.12. The fourth-order valence-corrected chi connectivity index (χ4v) is 1.49. The number of aromatic amines is 1. The van der Waals surface area contributed by atoms with Crippen molar-refractivity contribution in [3.05, 3.63) is 23.7 Å². The topological polar surface area (TPSA) is 67.9 Å². The zero-order valence-corrected chi connectivity index (χ0v) is 9.28. The molecule has 0 spiro atoms. The van der Waals surface area contributed by atoms with Crippen molar-refractivity contribution in [2.45, 2.75) is 20.3 Å². The molecule has 2 aromatic heterocycles. The number of nitrogens with zero attached hydrogens (tertiary/aromatic N) is 2. The van der Waals surface area contributed by atoms with Crippen molar-refractivity contribution in [3.63, 3.8) is 0 Å². The molecule has 16 heavy (non-hydrogen) atoms. The first kappa shape index (κ1) is 10.6. The van der Waals surface area contributed by atoms with Gasteiger partial charge in [-0.05, 0) is 25.5 Å². The van der Waals surface area contributed by atoms with E-state index in [1.165, 1.54) is 0 Å². The Morgan fingerprint density at radius 3 is 3.12 bits per heavy atom. The van der Waals surface area contributed by atoms with Gasteiger partial charge in [-0.15, -0.1) is 0 Å². The first-order valence-electron chi connectivity index (χ1n) is 5.16. The number of imidazole rings is 1. The molecule has 5 nitrogen and oxygen atoms in total. The van der Waals surface area contributed by atoms with Crippen LogP contribution in [-0.4, -0.2) is 27.5 Å². The van der Waals surface area contributed by atoms with Crippen LogP contribution in [0.15, 0.2) is 12.3 Å². The van der Waals surface area contributed by atoms with Crippen molar-refractivity contribution in [3.8, 4) is 0 Å². The molecular formula is C11H13N3O2. The second-order valence-corrected chi connectivity index (χ2v) is 3.55. The maximum absolute atomic E-state index is 11.3. The van der Waals surface area contributed by atoms with Gasteiger partial charge in [-0.1, -0.05) is 0 Å². The van der Waals surface area contributed by atoms with E-state index in [2.05, 4.69) is 15.0 Å². The highest BCUT2D eigenvalue weighted by Crippen LogP contribution is 2.10. The lowest BCUT2D eigenvalue weighted by Crippen LogP contribution is -2.08. The van der Waals surface area contributed by atoms with Crippen LogP contribution in [0, 0.1) is 6.92 Å². The minimum absolute atomic E-state index is 0.156. The summed E-state index contributed by atoms with van der Waals surface area (Å²) in [6.07, 6.45) is 1.90. The molecule has 0 saturated carbocycles. The summed E-state index contributed by atoms with van der Waals surface area (Å²) in [5.74, 6) is 0.310. The molecule has 0 aliphatic carbocycles. The van der Waals surface area contributed by atoms with E-state index in [0.717, 1.165) is 11.1 Å². The molecule has 0 saturated heterocycles. The van der Waals surface area contributed by atoms with E-state index in [0.29, 0.717) is 18.1 Å². The Labute approximate surface area is 92.9 Å². The van der Waals surface area contributed by atoms with E-state index >= 15 is 0 Å². The summed E-state index contributed by atoms with van der Waals surface area (Å²) in [4.78, 5) is 22.7. The molecule has 0 fully saturated rings. The van der Waals surface area contributed by atoms with Crippen LogP contribution in [0.4, 0.5) is 0 Å². The average Bonchev–Trinajstić information content (AvgIpc) is 2.59. The smallest absolute Gasteiger partial charge is 0.313 e. The third kappa shape index (κ3) is 2.18. The highest BCUT2D eigenvalue weighted by molar-refractivity contribution is 5.75. The first-order chi connectivity index (χ1) is 7.69. The predicted octanol–water partition coefficient (Wildman–Crippen LogP) is 1.37. The van der Waals surface area contributed by atoms with Gasteiger partial charge in [0.25, 0.3) is 0 Å². The lowest BCUT2D eigenvalue weighted by Gasteiger charge is -1.97. The molecule has 2 aromatic rings. The van der Waals surface area contributed by atoms with E-state index in [4.69, 9.17) is 4.74 Å². The number of carbonyl (C=O) groups is 1. The fraction of sp³-hybridized carbons (Fsp3) is 0.364. The lowest BCUT2D eigenvalue weighted by molar-refractivity contribution is -0.142. The highest BCUT2D eigenvalue weighted by Gasteiger charge is 2.09. The minimum atomic E-state index is -0.279. The second kappa shape index (κ2) is 4.30. The van der Waals surface area contributed by atoms with Gasteiger partial charge >= 0.3 is 5.97 Å². The molecule has 0 radical (unpaired) electrons. The van der Waals surface area contributed by atoms with Crippen molar-refractivity contribution < 1.29 is 9.53 Å². The number of rotatable bonds is 3. The molecule has 0 aliphatic rings. The molecule has 0 aromatic carbocycles. The number of nitrogens with one attached hydrogen (secondary N) is 1. The number of hydrogen-bond donors (Lipinski definition) is 1. The largest absolute Gasteiger partial charge is 0.466 e. The maximum atomic E-state index is 11.3. The molecule has 1 N–H and O–H groups in total. The van der Waals surface area contributed by atoms with Gasteiger partial charge in [-0.25, -0.2) is 9.97 Å². The number of ether oxygens (including phenoxy) is 1. The van der Waals surface area contributed by atoms with Crippen molar-refractivity contribution >= 4 is 17.1 Å². The Morgan fingerprint density at radius 1 is 1.56 bits per heavy atom. The Bertz CT molecular complexity index is 519. The molecule has 0 aliphatic heterocycles. The van der Waals surface area contributed by atoms with Gasteiger partial charge in [0.15, 0.2) is 5.65 Å². The van der Waals surface area contributed by atoms with E-state index < -0.39 is 0 Å². The van der Waals surface area contributed by atoms with Crippen LogP contribution in [0.5, 0.6) is 0 Å². The first-order valence-corrected chi connectivity index (χ1v) is 5.16. The quantitative estimate of drug-likeness (QED) is 0.792. The Balaban J connectivity index is 2.23. The highest BCUT2D eigenvalue weighted by atomic mass is 16.5. The molecule has 5 heteroatoms. The Hall–Kier alpha value is -1.91. The van der Waals surface area contributed by atoms with Gasteiger partial charge in [0.05, 0.1) is 12.1 Å². The van der Waals surface area contributed by atoms with Crippen LogP contribution in [0.3, 0.4) is 0 Å². The number of esters is 1. The average molecular weight is 219 g/mol. The standard InChI is InChI=1S/C11H13N3O2/c1-3-16-10(15)5-9-13-8-4-7(2)6-12-11(8)14-9/h4,6H,3,5H2,1-2H3,(H,12,13,14). The zero-order valence-electron chi connectivity index (χ0n) is 9.28. The Morgan fingerprint density at radius 2 is 2.38 bits per heavy atom. The number of hydrogen-bond acceptors (Lipinski definition) is 4. The number of pyridine rings is 1. The number of carbonyl (C=O) groups excluding carboxylic acids is 1. The number of aryl methyl sites for hydroxylation is 1. The Kier molecular flexibility index (Phi) is 2.85. The zero-order chi connectivity index (χ0) is 11.5. The summed E-state index contributed by atoms with van der Waals surface area (Å²) in [6, 6.07) is 1.95. The molecule has 0 unspecified atom stereocenters. The second-order valence-electron chi connectivity index (χ2n) is 3.55. The van der Waals surface area contributed by atoms with Crippen molar-refractivity contribution in [1.82, 2.24) is 15.0 Å². The van der Waals surface area contributed by atoms with Gasteiger partial charge in [0.2, 0.25) is 0 Å². The van der Waals surface area contributed by atoms with Crippen molar-refractivity contribution in [1.29, 1.82) is 0 Å². The summed E-state index contributed by atoms with van der Waals surface area (Å²) in [7, 11) is 0. The number of H-pyrrole nitrogens is 1. The van der Waals surface area contributed by atoms with E-state index in [1.807, 2.05) is 13.0 Å². The SMILES string of the molecule is CCOC(=O)Cc1nc2ncc(C)cc2[nH]1.